The third-order valence-electron chi connectivity index (χ3n) is 3.71. The van der Waals surface area contributed by atoms with E-state index in [1.807, 2.05) is 13.2 Å². The Bertz CT molecular complexity index is 1070. The minimum Gasteiger partial charge on any atom is -0.497 e. The lowest BCUT2D eigenvalue weighted by molar-refractivity contribution is -0.192. The topological polar surface area (TPSA) is 106 Å². The minimum absolute atomic E-state index is 0.260. The monoisotopic (exact) mass is 456 g/mol. The first-order valence-corrected chi connectivity index (χ1v) is 8.79. The number of nitrogens with zero attached hydrogens (tertiary/aromatic N) is 3. The lowest BCUT2D eigenvalue weighted by Crippen LogP contribution is -2.21. The number of amides is 1. The number of ether oxygens (including phenoxy) is 1. The zero-order valence-electron chi connectivity index (χ0n) is 16.1. The van der Waals surface area contributed by atoms with E-state index in [2.05, 4.69) is 15.4 Å². The van der Waals surface area contributed by atoms with Gasteiger partial charge in [-0.25, -0.2) is 9.78 Å². The largest absolute Gasteiger partial charge is 0.497 e. The molecule has 8 nitrogen and oxygen atoms in total. The number of aliphatic carboxylic acids is 1. The van der Waals surface area contributed by atoms with Crippen molar-refractivity contribution >= 4 is 29.3 Å². The van der Waals surface area contributed by atoms with Gasteiger partial charge in [0.15, 0.2) is 0 Å². The van der Waals surface area contributed by atoms with Gasteiger partial charge in [-0.1, -0.05) is 11.6 Å². The molecule has 0 radical (unpaired) electrons. The number of halogens is 4. The smallest absolute Gasteiger partial charge is 0.490 e. The number of carbonyl (C=O) groups excluding carboxylic acids is 1. The number of rotatable bonds is 4. The number of anilines is 1. The van der Waals surface area contributed by atoms with Crippen LogP contribution in [-0.4, -0.2) is 45.0 Å². The van der Waals surface area contributed by atoms with Crippen LogP contribution in [0.25, 0.3) is 11.1 Å². The molecular weight excluding hydrogens is 441 g/mol. The first-order chi connectivity index (χ1) is 14.5. The Balaban J connectivity index is 0.000000423. The number of carboxylic acids is 1. The van der Waals surface area contributed by atoms with E-state index < -0.39 is 12.1 Å². The third-order valence-corrected chi connectivity index (χ3v) is 4.01. The number of nitrogens with one attached hydrogen (secondary N) is 1. The second-order valence-corrected chi connectivity index (χ2v) is 6.34. The van der Waals surface area contributed by atoms with Gasteiger partial charge in [0, 0.05) is 36.1 Å². The lowest BCUT2D eigenvalue weighted by Gasteiger charge is -2.08. The molecule has 164 valence electrons. The number of carbonyl (C=O) groups is 2. The predicted molar refractivity (Wildman–Crippen MR) is 106 cm³/mol. The molecule has 31 heavy (non-hydrogen) atoms. The summed E-state index contributed by atoms with van der Waals surface area (Å²) < 4.78 is 38.5. The Morgan fingerprint density at radius 1 is 1.19 bits per heavy atom. The summed E-state index contributed by atoms with van der Waals surface area (Å²) in [6, 6.07) is 8.55. The fraction of sp³-hybridized carbons (Fsp3) is 0.158. The van der Waals surface area contributed by atoms with Gasteiger partial charge >= 0.3 is 12.1 Å². The van der Waals surface area contributed by atoms with Crippen LogP contribution in [0.3, 0.4) is 0 Å². The number of carboxylic acid groups (broad SMARTS) is 1. The Labute approximate surface area is 179 Å². The van der Waals surface area contributed by atoms with Crippen molar-refractivity contribution in [2.24, 2.45) is 7.05 Å². The van der Waals surface area contributed by atoms with E-state index in [0.29, 0.717) is 22.2 Å². The quantitative estimate of drug-likeness (QED) is 0.614. The van der Waals surface area contributed by atoms with E-state index in [9.17, 15) is 18.0 Å². The predicted octanol–water partition coefficient (Wildman–Crippen LogP) is 4.03. The van der Waals surface area contributed by atoms with Crippen molar-refractivity contribution in [1.29, 1.82) is 0 Å². The summed E-state index contributed by atoms with van der Waals surface area (Å²) in [7, 11) is 3.40. The zero-order valence-corrected chi connectivity index (χ0v) is 16.9. The van der Waals surface area contributed by atoms with Crippen LogP contribution in [0.15, 0.2) is 48.9 Å². The molecule has 3 aromatic rings. The number of methoxy groups -OCH3 is 1. The van der Waals surface area contributed by atoms with Crippen LogP contribution in [0.2, 0.25) is 5.02 Å². The average Bonchev–Trinajstić information content (AvgIpc) is 3.15. The number of hydrogen-bond donors (Lipinski definition) is 2. The van der Waals surface area contributed by atoms with Crippen LogP contribution in [0.5, 0.6) is 5.75 Å². The molecule has 12 heteroatoms. The average molecular weight is 457 g/mol. The first-order valence-electron chi connectivity index (χ1n) is 8.41. The van der Waals surface area contributed by atoms with Crippen molar-refractivity contribution in [3.05, 3.63) is 59.5 Å². The Morgan fingerprint density at radius 2 is 1.81 bits per heavy atom. The van der Waals surface area contributed by atoms with Crippen LogP contribution in [0.1, 0.15) is 10.4 Å². The van der Waals surface area contributed by atoms with Gasteiger partial charge in [-0.15, -0.1) is 0 Å². The lowest BCUT2D eigenvalue weighted by atomic mass is 10.1. The summed E-state index contributed by atoms with van der Waals surface area (Å²) in [4.78, 5) is 25.4. The molecule has 0 saturated heterocycles. The standard InChI is InChI=1S/C17H15ClN4O2.C2HF3O2/c1-22-10-12(8-20-22)14-7-16(19-9-15(14)18)21-17(23)11-3-5-13(24-2)6-4-11;3-2(4,5)1(6)7/h3-10H,1-2H3,(H,19,21,23);(H,6,7). The van der Waals surface area contributed by atoms with Gasteiger partial charge in [-0.2, -0.15) is 18.3 Å². The van der Waals surface area contributed by atoms with E-state index in [-0.39, 0.29) is 5.91 Å². The van der Waals surface area contributed by atoms with Crippen LogP contribution in [-0.2, 0) is 11.8 Å². The highest BCUT2D eigenvalue weighted by Gasteiger charge is 2.38. The molecule has 0 unspecified atom stereocenters. The summed E-state index contributed by atoms with van der Waals surface area (Å²) in [5, 5.41) is 14.5. The van der Waals surface area contributed by atoms with Crippen molar-refractivity contribution in [1.82, 2.24) is 14.8 Å². The van der Waals surface area contributed by atoms with Crippen LogP contribution < -0.4 is 10.1 Å². The van der Waals surface area contributed by atoms with Gasteiger partial charge in [0.25, 0.3) is 5.91 Å². The number of aryl methyl sites for hydroxylation is 1. The molecule has 2 aromatic heterocycles. The maximum atomic E-state index is 12.3. The second kappa shape index (κ2) is 9.94. The SMILES string of the molecule is COc1ccc(C(=O)Nc2cc(-c3cnn(C)c3)c(Cl)cn2)cc1.O=C(O)C(F)(F)F. The second-order valence-electron chi connectivity index (χ2n) is 5.94. The van der Waals surface area contributed by atoms with Gasteiger partial charge in [-0.05, 0) is 30.3 Å². The summed E-state index contributed by atoms with van der Waals surface area (Å²) >= 11 is 6.20. The molecular formula is C19H16ClF3N4O4. The maximum absolute atomic E-state index is 12.3. The summed E-state index contributed by atoms with van der Waals surface area (Å²) in [6.07, 6.45) is -0.0277. The summed E-state index contributed by atoms with van der Waals surface area (Å²) in [6.45, 7) is 0. The Hall–Kier alpha value is -3.60. The highest BCUT2D eigenvalue weighted by atomic mass is 35.5. The number of hydrogen-bond acceptors (Lipinski definition) is 5. The third kappa shape index (κ3) is 6.71. The molecule has 0 saturated carbocycles. The Morgan fingerprint density at radius 3 is 2.29 bits per heavy atom. The van der Waals surface area contributed by atoms with Gasteiger partial charge in [0.2, 0.25) is 0 Å². The van der Waals surface area contributed by atoms with E-state index in [1.54, 1.807) is 48.3 Å². The zero-order chi connectivity index (χ0) is 23.2. The van der Waals surface area contributed by atoms with E-state index in [0.717, 1.165) is 11.1 Å². The molecule has 0 bridgehead atoms. The first kappa shape index (κ1) is 23.7. The van der Waals surface area contributed by atoms with Gasteiger partial charge in [-0.3, -0.25) is 9.48 Å². The van der Waals surface area contributed by atoms with Gasteiger partial charge < -0.3 is 15.2 Å². The highest BCUT2D eigenvalue weighted by Crippen LogP contribution is 2.29. The molecule has 0 fully saturated rings. The van der Waals surface area contributed by atoms with Crippen molar-refractivity contribution in [2.75, 3.05) is 12.4 Å². The van der Waals surface area contributed by atoms with E-state index in [4.69, 9.17) is 26.2 Å². The molecule has 0 spiro atoms. The van der Waals surface area contributed by atoms with Crippen molar-refractivity contribution in [2.45, 2.75) is 6.18 Å². The summed E-state index contributed by atoms with van der Waals surface area (Å²) in [5.74, 6) is -1.91. The van der Waals surface area contributed by atoms with Crippen LogP contribution in [0.4, 0.5) is 19.0 Å². The van der Waals surface area contributed by atoms with Crippen LogP contribution >= 0.6 is 11.6 Å². The van der Waals surface area contributed by atoms with Gasteiger partial charge in [0.05, 0.1) is 18.3 Å². The van der Waals surface area contributed by atoms with Crippen LogP contribution in [0, 0.1) is 0 Å². The van der Waals surface area contributed by atoms with Gasteiger partial charge in [0.1, 0.15) is 11.6 Å². The van der Waals surface area contributed by atoms with E-state index in [1.165, 1.54) is 6.20 Å². The fourth-order valence-electron chi connectivity index (χ4n) is 2.22. The van der Waals surface area contributed by atoms with Crippen molar-refractivity contribution in [3.63, 3.8) is 0 Å². The number of benzene rings is 1. The minimum atomic E-state index is -5.08. The molecule has 2 N–H and O–H groups in total. The number of pyridine rings is 1. The molecule has 0 aliphatic heterocycles. The molecule has 3 rings (SSSR count). The molecule has 1 amide bonds. The van der Waals surface area contributed by atoms with Crippen molar-refractivity contribution in [3.8, 4) is 16.9 Å². The fourth-order valence-corrected chi connectivity index (χ4v) is 2.43. The maximum Gasteiger partial charge on any atom is 0.490 e. The molecule has 0 aliphatic carbocycles. The molecule has 2 heterocycles. The Kier molecular flexibility index (Phi) is 7.59. The molecule has 0 atom stereocenters. The molecule has 1 aromatic carbocycles. The number of aromatic nitrogens is 3. The number of alkyl halides is 3. The molecule has 0 aliphatic rings. The van der Waals surface area contributed by atoms with E-state index >= 15 is 0 Å². The normalized spacial score (nSPS) is 10.6. The van der Waals surface area contributed by atoms with Crippen molar-refractivity contribution < 1.29 is 32.6 Å². The highest BCUT2D eigenvalue weighted by molar-refractivity contribution is 6.33. The summed E-state index contributed by atoms with van der Waals surface area (Å²) in [5.41, 5.74) is 2.12.